The van der Waals surface area contributed by atoms with E-state index in [1.54, 1.807) is 24.3 Å². The quantitative estimate of drug-likeness (QED) is 0.804. The van der Waals surface area contributed by atoms with E-state index in [4.69, 9.17) is 4.74 Å². The second-order valence-electron chi connectivity index (χ2n) is 4.66. The van der Waals surface area contributed by atoms with Crippen molar-refractivity contribution in [2.24, 2.45) is 0 Å². The summed E-state index contributed by atoms with van der Waals surface area (Å²) in [6, 6.07) is 11.4. The normalized spacial score (nSPS) is 10.2. The van der Waals surface area contributed by atoms with Crippen molar-refractivity contribution in [2.45, 2.75) is 13.0 Å². The first kappa shape index (κ1) is 15.5. The van der Waals surface area contributed by atoms with E-state index in [1.165, 1.54) is 0 Å². The number of halogens is 1. The standard InChI is InChI=1S/C16H17BrN2O2/c1-19(12-13-6-9-18-10-7-13)16(20)8-11-21-15-4-2-14(17)3-5-15/h2-7,9-10H,8,11-12H2,1H3. The average Bonchev–Trinajstić information content (AvgIpc) is 2.50. The van der Waals surface area contributed by atoms with E-state index in [2.05, 4.69) is 20.9 Å². The molecule has 0 aliphatic rings. The van der Waals surface area contributed by atoms with Crippen LogP contribution in [0.15, 0.2) is 53.3 Å². The number of pyridine rings is 1. The van der Waals surface area contributed by atoms with Crippen LogP contribution < -0.4 is 4.74 Å². The zero-order valence-corrected chi connectivity index (χ0v) is 13.4. The van der Waals surface area contributed by atoms with Gasteiger partial charge in [-0.15, -0.1) is 0 Å². The van der Waals surface area contributed by atoms with Gasteiger partial charge in [0.1, 0.15) is 5.75 Å². The summed E-state index contributed by atoms with van der Waals surface area (Å²) in [4.78, 5) is 17.7. The summed E-state index contributed by atoms with van der Waals surface area (Å²) in [5.74, 6) is 0.826. The van der Waals surface area contributed by atoms with Crippen molar-refractivity contribution in [1.82, 2.24) is 9.88 Å². The summed E-state index contributed by atoms with van der Waals surface area (Å²) in [6.45, 7) is 0.959. The first-order valence-corrected chi connectivity index (χ1v) is 7.45. The first-order chi connectivity index (χ1) is 10.1. The monoisotopic (exact) mass is 348 g/mol. The predicted octanol–water partition coefficient (Wildman–Crippen LogP) is 3.27. The molecular formula is C16H17BrN2O2. The number of benzene rings is 1. The van der Waals surface area contributed by atoms with Gasteiger partial charge in [0.15, 0.2) is 0 Å². The third kappa shape index (κ3) is 5.19. The lowest BCUT2D eigenvalue weighted by molar-refractivity contribution is -0.130. The van der Waals surface area contributed by atoms with E-state index in [1.807, 2.05) is 36.4 Å². The van der Waals surface area contributed by atoms with Crippen LogP contribution in [0.4, 0.5) is 0 Å². The molecule has 0 saturated heterocycles. The Morgan fingerprint density at radius 3 is 2.52 bits per heavy atom. The molecule has 0 fully saturated rings. The molecule has 0 saturated carbocycles. The van der Waals surface area contributed by atoms with E-state index < -0.39 is 0 Å². The molecule has 110 valence electrons. The number of carbonyl (C=O) groups excluding carboxylic acids is 1. The molecule has 5 heteroatoms. The molecule has 1 aromatic heterocycles. The van der Waals surface area contributed by atoms with E-state index in [-0.39, 0.29) is 5.91 Å². The Kier molecular flexibility index (Phi) is 5.75. The van der Waals surface area contributed by atoms with E-state index in [0.717, 1.165) is 15.8 Å². The lowest BCUT2D eigenvalue weighted by Crippen LogP contribution is -2.27. The molecule has 21 heavy (non-hydrogen) atoms. The maximum atomic E-state index is 12.0. The number of rotatable bonds is 6. The summed E-state index contributed by atoms with van der Waals surface area (Å²) < 4.78 is 6.56. The number of ether oxygens (including phenoxy) is 1. The molecule has 1 heterocycles. The van der Waals surface area contributed by atoms with E-state index in [0.29, 0.717) is 19.6 Å². The second kappa shape index (κ2) is 7.78. The van der Waals surface area contributed by atoms with Crippen LogP contribution in [0.2, 0.25) is 0 Å². The molecule has 2 aromatic rings. The van der Waals surface area contributed by atoms with Gasteiger partial charge in [0.25, 0.3) is 0 Å². The van der Waals surface area contributed by atoms with Gasteiger partial charge < -0.3 is 9.64 Å². The molecule has 0 bridgehead atoms. The molecule has 4 nitrogen and oxygen atoms in total. The Balaban J connectivity index is 1.75. The van der Waals surface area contributed by atoms with Gasteiger partial charge in [0.05, 0.1) is 13.0 Å². The molecular weight excluding hydrogens is 332 g/mol. The number of nitrogens with zero attached hydrogens (tertiary/aromatic N) is 2. The molecule has 0 N–H and O–H groups in total. The summed E-state index contributed by atoms with van der Waals surface area (Å²) in [5, 5.41) is 0. The SMILES string of the molecule is CN(Cc1ccncc1)C(=O)CCOc1ccc(Br)cc1. The number of aromatic nitrogens is 1. The lowest BCUT2D eigenvalue weighted by Gasteiger charge is -2.17. The molecule has 0 aliphatic carbocycles. The van der Waals surface area contributed by atoms with Crippen molar-refractivity contribution in [3.05, 3.63) is 58.8 Å². The number of hydrogen-bond acceptors (Lipinski definition) is 3. The Labute approximate surface area is 132 Å². The van der Waals surface area contributed by atoms with Gasteiger partial charge in [-0.05, 0) is 42.0 Å². The van der Waals surface area contributed by atoms with Crippen molar-refractivity contribution in [1.29, 1.82) is 0 Å². The van der Waals surface area contributed by atoms with Crippen LogP contribution in [0.1, 0.15) is 12.0 Å². The Hall–Kier alpha value is -1.88. The molecule has 0 spiro atoms. The summed E-state index contributed by atoms with van der Waals surface area (Å²) in [7, 11) is 1.79. The third-order valence-electron chi connectivity index (χ3n) is 2.99. The fourth-order valence-corrected chi connectivity index (χ4v) is 2.09. The van der Waals surface area contributed by atoms with Crippen LogP contribution in [0.5, 0.6) is 5.75 Å². The average molecular weight is 349 g/mol. The van der Waals surface area contributed by atoms with Crippen LogP contribution in [-0.4, -0.2) is 29.4 Å². The number of amides is 1. The molecule has 0 aliphatic heterocycles. The van der Waals surface area contributed by atoms with Gasteiger partial charge in [-0.25, -0.2) is 0 Å². The number of carbonyl (C=O) groups is 1. The summed E-state index contributed by atoms with van der Waals surface area (Å²) in [5.41, 5.74) is 1.06. The van der Waals surface area contributed by atoms with Gasteiger partial charge in [0, 0.05) is 30.5 Å². The van der Waals surface area contributed by atoms with Crippen LogP contribution in [0.3, 0.4) is 0 Å². The van der Waals surface area contributed by atoms with Crippen LogP contribution in [-0.2, 0) is 11.3 Å². The first-order valence-electron chi connectivity index (χ1n) is 6.66. The summed E-state index contributed by atoms with van der Waals surface area (Å²) >= 11 is 3.37. The minimum absolute atomic E-state index is 0.0592. The Bertz CT molecular complexity index is 573. The fourth-order valence-electron chi connectivity index (χ4n) is 1.83. The molecule has 0 atom stereocenters. The van der Waals surface area contributed by atoms with Gasteiger partial charge >= 0.3 is 0 Å². The van der Waals surface area contributed by atoms with Gasteiger partial charge in [0.2, 0.25) is 5.91 Å². The largest absolute Gasteiger partial charge is 0.493 e. The lowest BCUT2D eigenvalue weighted by atomic mass is 10.2. The highest BCUT2D eigenvalue weighted by molar-refractivity contribution is 9.10. The maximum Gasteiger partial charge on any atom is 0.226 e. The zero-order chi connectivity index (χ0) is 15.1. The minimum atomic E-state index is 0.0592. The minimum Gasteiger partial charge on any atom is -0.493 e. The van der Waals surface area contributed by atoms with Crippen molar-refractivity contribution in [2.75, 3.05) is 13.7 Å². The maximum absolute atomic E-state index is 12.0. The number of hydrogen-bond donors (Lipinski definition) is 0. The molecule has 0 unspecified atom stereocenters. The van der Waals surface area contributed by atoms with Crippen LogP contribution in [0, 0.1) is 0 Å². The van der Waals surface area contributed by atoms with Crippen molar-refractivity contribution in [3.63, 3.8) is 0 Å². The van der Waals surface area contributed by atoms with Crippen LogP contribution >= 0.6 is 15.9 Å². The van der Waals surface area contributed by atoms with Crippen molar-refractivity contribution < 1.29 is 9.53 Å². The van der Waals surface area contributed by atoms with E-state index in [9.17, 15) is 4.79 Å². The van der Waals surface area contributed by atoms with Crippen LogP contribution in [0.25, 0.3) is 0 Å². The second-order valence-corrected chi connectivity index (χ2v) is 5.57. The van der Waals surface area contributed by atoms with Gasteiger partial charge in [-0.2, -0.15) is 0 Å². The summed E-state index contributed by atoms with van der Waals surface area (Å²) in [6.07, 6.45) is 3.81. The Morgan fingerprint density at radius 2 is 1.86 bits per heavy atom. The topological polar surface area (TPSA) is 42.4 Å². The zero-order valence-electron chi connectivity index (χ0n) is 11.8. The smallest absolute Gasteiger partial charge is 0.226 e. The van der Waals surface area contributed by atoms with E-state index >= 15 is 0 Å². The van der Waals surface area contributed by atoms with Gasteiger partial charge in [-0.3, -0.25) is 9.78 Å². The molecule has 1 amide bonds. The third-order valence-corrected chi connectivity index (χ3v) is 3.52. The molecule has 1 aromatic carbocycles. The highest BCUT2D eigenvalue weighted by Crippen LogP contribution is 2.16. The molecule has 2 rings (SSSR count). The van der Waals surface area contributed by atoms with Gasteiger partial charge in [-0.1, -0.05) is 15.9 Å². The fraction of sp³-hybridized carbons (Fsp3) is 0.250. The molecule has 0 radical (unpaired) electrons. The van der Waals surface area contributed by atoms with Crippen molar-refractivity contribution >= 4 is 21.8 Å². The van der Waals surface area contributed by atoms with Crippen molar-refractivity contribution in [3.8, 4) is 5.75 Å². The highest BCUT2D eigenvalue weighted by atomic mass is 79.9. The predicted molar refractivity (Wildman–Crippen MR) is 85.0 cm³/mol. The Morgan fingerprint density at radius 1 is 1.19 bits per heavy atom. The highest BCUT2D eigenvalue weighted by Gasteiger charge is 2.09.